The number of sulfonamides is 1. The van der Waals surface area contributed by atoms with Crippen molar-refractivity contribution in [3.05, 3.63) is 58.9 Å². The summed E-state index contributed by atoms with van der Waals surface area (Å²) in [5, 5.41) is 0.145. The van der Waals surface area contributed by atoms with E-state index in [4.69, 9.17) is 16.3 Å². The van der Waals surface area contributed by atoms with Crippen LogP contribution in [0.4, 0.5) is 4.39 Å². The lowest BCUT2D eigenvalue weighted by Crippen LogP contribution is -2.31. The number of benzene rings is 2. The van der Waals surface area contributed by atoms with Crippen LogP contribution < -0.4 is 4.74 Å². The topological polar surface area (TPSA) is 46.6 Å². The van der Waals surface area contributed by atoms with E-state index in [1.165, 1.54) is 13.1 Å². The lowest BCUT2D eigenvalue weighted by atomic mass is 10.2. The second kappa shape index (κ2) is 7.29. The molecule has 0 fully saturated rings. The number of likely N-dealkylation sites (N-methyl/N-ethyl adjacent to an activating group) is 1. The van der Waals surface area contributed by atoms with E-state index >= 15 is 0 Å². The molecular formula is C16H17ClFNO3S. The van der Waals surface area contributed by atoms with Crippen molar-refractivity contribution < 1.29 is 17.5 Å². The number of aryl methyl sites for hydroxylation is 1. The summed E-state index contributed by atoms with van der Waals surface area (Å²) < 4.78 is 45.1. The Morgan fingerprint density at radius 3 is 2.61 bits per heavy atom. The number of rotatable bonds is 6. The van der Waals surface area contributed by atoms with Crippen LogP contribution in [-0.4, -0.2) is 32.9 Å². The predicted molar refractivity (Wildman–Crippen MR) is 87.9 cm³/mol. The van der Waals surface area contributed by atoms with Crippen molar-refractivity contribution in [2.24, 2.45) is 0 Å². The fraction of sp³-hybridized carbons (Fsp3) is 0.250. The molecule has 2 rings (SSSR count). The number of hydrogen-bond donors (Lipinski definition) is 0. The molecule has 2 aromatic rings. The maximum absolute atomic E-state index is 13.8. The van der Waals surface area contributed by atoms with Gasteiger partial charge in [-0.3, -0.25) is 0 Å². The Kier molecular flexibility index (Phi) is 5.62. The molecule has 0 saturated heterocycles. The summed E-state index contributed by atoms with van der Waals surface area (Å²) >= 11 is 5.64. The van der Waals surface area contributed by atoms with Gasteiger partial charge in [0.2, 0.25) is 10.0 Å². The minimum Gasteiger partial charge on any atom is -0.492 e. The molecule has 4 nitrogen and oxygen atoms in total. The van der Waals surface area contributed by atoms with Crippen LogP contribution in [0.15, 0.2) is 47.4 Å². The molecule has 0 aromatic heterocycles. The van der Waals surface area contributed by atoms with E-state index in [0.717, 1.165) is 22.0 Å². The Morgan fingerprint density at radius 2 is 1.96 bits per heavy atom. The van der Waals surface area contributed by atoms with Gasteiger partial charge in [0.25, 0.3) is 0 Å². The normalized spacial score (nSPS) is 11.7. The Labute approximate surface area is 140 Å². The average Bonchev–Trinajstić information content (AvgIpc) is 2.46. The first-order chi connectivity index (χ1) is 10.8. The Bertz CT molecular complexity index is 796. The number of ether oxygens (including phenoxy) is 1. The zero-order valence-corrected chi connectivity index (χ0v) is 14.4. The molecule has 0 aliphatic heterocycles. The van der Waals surface area contributed by atoms with Crippen LogP contribution in [0.2, 0.25) is 5.02 Å². The molecule has 0 heterocycles. The molecule has 0 saturated carbocycles. The average molecular weight is 358 g/mol. The summed E-state index contributed by atoms with van der Waals surface area (Å²) in [4.78, 5) is -0.403. The molecule has 0 radical (unpaired) electrons. The van der Waals surface area contributed by atoms with Gasteiger partial charge in [0, 0.05) is 18.6 Å². The third-order valence-corrected chi connectivity index (χ3v) is 5.37. The van der Waals surface area contributed by atoms with Crippen molar-refractivity contribution in [3.63, 3.8) is 0 Å². The molecular weight excluding hydrogens is 341 g/mol. The van der Waals surface area contributed by atoms with Gasteiger partial charge in [-0.25, -0.2) is 12.8 Å². The second-order valence-corrected chi connectivity index (χ2v) is 7.52. The van der Waals surface area contributed by atoms with E-state index in [9.17, 15) is 12.8 Å². The van der Waals surface area contributed by atoms with Gasteiger partial charge in [0.05, 0.1) is 0 Å². The van der Waals surface area contributed by atoms with Crippen LogP contribution in [0, 0.1) is 12.7 Å². The monoisotopic (exact) mass is 357 g/mol. The molecule has 124 valence electrons. The highest BCUT2D eigenvalue weighted by Crippen LogP contribution is 2.21. The number of hydrogen-bond acceptors (Lipinski definition) is 3. The summed E-state index contributed by atoms with van der Waals surface area (Å²) in [5.74, 6) is -0.211. The van der Waals surface area contributed by atoms with Gasteiger partial charge >= 0.3 is 0 Å². The molecule has 0 N–H and O–H groups in total. The molecule has 0 amide bonds. The quantitative estimate of drug-likeness (QED) is 0.795. The van der Waals surface area contributed by atoms with Crippen molar-refractivity contribution in [2.75, 3.05) is 20.2 Å². The van der Waals surface area contributed by atoms with Crippen LogP contribution in [0.3, 0.4) is 0 Å². The van der Waals surface area contributed by atoms with Crippen molar-refractivity contribution >= 4 is 21.6 Å². The largest absolute Gasteiger partial charge is 0.492 e. The zero-order valence-electron chi connectivity index (χ0n) is 12.8. The standard InChI is InChI=1S/C16H17ClFNO3S/c1-12-4-3-5-14(10-12)22-9-8-19(2)23(20,21)16-7-6-13(17)11-15(16)18/h3-7,10-11H,8-9H2,1-2H3. The summed E-state index contributed by atoms with van der Waals surface area (Å²) in [6.45, 7) is 2.19. The molecule has 7 heteroatoms. The Morgan fingerprint density at radius 1 is 1.22 bits per heavy atom. The highest BCUT2D eigenvalue weighted by Gasteiger charge is 2.24. The number of halogens is 2. The molecule has 0 spiro atoms. The third kappa shape index (κ3) is 4.43. The van der Waals surface area contributed by atoms with Crippen LogP contribution >= 0.6 is 11.6 Å². The van der Waals surface area contributed by atoms with Gasteiger partial charge in [-0.1, -0.05) is 23.7 Å². The molecule has 0 bridgehead atoms. The van der Waals surface area contributed by atoms with Gasteiger partial charge in [-0.15, -0.1) is 0 Å². The van der Waals surface area contributed by atoms with E-state index in [1.54, 1.807) is 6.07 Å². The zero-order chi connectivity index (χ0) is 17.0. The van der Waals surface area contributed by atoms with Crippen LogP contribution in [0.25, 0.3) is 0 Å². The first-order valence-electron chi connectivity index (χ1n) is 6.91. The first-order valence-corrected chi connectivity index (χ1v) is 8.73. The van der Waals surface area contributed by atoms with Gasteiger partial charge < -0.3 is 4.74 Å². The summed E-state index contributed by atoms with van der Waals surface area (Å²) in [5.41, 5.74) is 1.05. The predicted octanol–water partition coefficient (Wildman–Crippen LogP) is 3.49. The van der Waals surface area contributed by atoms with Gasteiger partial charge in [-0.2, -0.15) is 4.31 Å². The van der Waals surface area contributed by atoms with E-state index in [2.05, 4.69) is 0 Å². The van der Waals surface area contributed by atoms with Gasteiger partial charge in [-0.05, 0) is 42.8 Å². The van der Waals surface area contributed by atoms with Gasteiger partial charge in [0.15, 0.2) is 0 Å². The van der Waals surface area contributed by atoms with E-state index < -0.39 is 20.7 Å². The van der Waals surface area contributed by atoms with Crippen LogP contribution in [-0.2, 0) is 10.0 Å². The lowest BCUT2D eigenvalue weighted by molar-refractivity contribution is 0.286. The highest BCUT2D eigenvalue weighted by molar-refractivity contribution is 7.89. The van der Waals surface area contributed by atoms with Crippen LogP contribution in [0.1, 0.15) is 5.56 Å². The van der Waals surface area contributed by atoms with Gasteiger partial charge in [0.1, 0.15) is 23.1 Å². The molecule has 2 aromatic carbocycles. The highest BCUT2D eigenvalue weighted by atomic mass is 35.5. The van der Waals surface area contributed by atoms with Crippen molar-refractivity contribution in [2.45, 2.75) is 11.8 Å². The minimum atomic E-state index is -3.93. The Hall–Kier alpha value is -1.63. The molecule has 0 unspecified atom stereocenters. The summed E-state index contributed by atoms with van der Waals surface area (Å²) in [6.07, 6.45) is 0. The summed E-state index contributed by atoms with van der Waals surface area (Å²) in [6, 6.07) is 10.9. The van der Waals surface area contributed by atoms with Crippen LogP contribution in [0.5, 0.6) is 5.75 Å². The fourth-order valence-electron chi connectivity index (χ4n) is 1.97. The molecule has 0 aliphatic carbocycles. The smallest absolute Gasteiger partial charge is 0.245 e. The van der Waals surface area contributed by atoms with E-state index in [-0.39, 0.29) is 18.2 Å². The van der Waals surface area contributed by atoms with Crippen molar-refractivity contribution in [3.8, 4) is 5.75 Å². The minimum absolute atomic E-state index is 0.0956. The maximum Gasteiger partial charge on any atom is 0.245 e. The lowest BCUT2D eigenvalue weighted by Gasteiger charge is -2.18. The molecule has 23 heavy (non-hydrogen) atoms. The van der Waals surface area contributed by atoms with Crippen molar-refractivity contribution in [1.82, 2.24) is 4.31 Å². The maximum atomic E-state index is 13.8. The number of nitrogens with zero attached hydrogens (tertiary/aromatic N) is 1. The summed E-state index contributed by atoms with van der Waals surface area (Å²) in [7, 11) is -2.55. The molecule has 0 atom stereocenters. The molecule has 0 aliphatic rings. The van der Waals surface area contributed by atoms with Crippen molar-refractivity contribution in [1.29, 1.82) is 0 Å². The van der Waals surface area contributed by atoms with E-state index in [0.29, 0.717) is 5.75 Å². The first kappa shape index (κ1) is 17.7. The third-order valence-electron chi connectivity index (χ3n) is 3.25. The fourth-order valence-corrected chi connectivity index (χ4v) is 3.32. The Balaban J connectivity index is 2.03. The second-order valence-electron chi connectivity index (χ2n) is 5.07. The SMILES string of the molecule is Cc1cccc(OCCN(C)S(=O)(=O)c2ccc(Cl)cc2F)c1. The van der Waals surface area contributed by atoms with E-state index in [1.807, 2.05) is 25.1 Å².